The van der Waals surface area contributed by atoms with E-state index in [1.807, 2.05) is 25.9 Å². The van der Waals surface area contributed by atoms with E-state index in [1.54, 1.807) is 0 Å². The van der Waals surface area contributed by atoms with Crippen LogP contribution in [0.4, 0.5) is 0 Å². The van der Waals surface area contributed by atoms with Crippen LogP contribution in [0.2, 0.25) is 0 Å². The molecule has 1 heterocycles. The van der Waals surface area contributed by atoms with Gasteiger partial charge >= 0.3 is 49.4 Å². The van der Waals surface area contributed by atoms with Crippen molar-refractivity contribution >= 4 is 51.2 Å². The van der Waals surface area contributed by atoms with Crippen LogP contribution in [0.25, 0.3) is 5.57 Å². The van der Waals surface area contributed by atoms with Crippen LogP contribution >= 0.6 is 40.0 Å². The van der Waals surface area contributed by atoms with Crippen LogP contribution in [-0.4, -0.2) is 17.8 Å². The monoisotopic (exact) mass is 575 g/mol. The van der Waals surface area contributed by atoms with E-state index in [4.69, 9.17) is 0 Å². The summed E-state index contributed by atoms with van der Waals surface area (Å²) in [5, 5.41) is 6.40. The predicted octanol–water partition coefficient (Wildman–Crippen LogP) is 6.79. The van der Waals surface area contributed by atoms with Crippen LogP contribution in [0.5, 0.6) is 0 Å². The number of hydrazone groups is 1. The summed E-state index contributed by atoms with van der Waals surface area (Å²) >= 11 is 4.74. The van der Waals surface area contributed by atoms with Gasteiger partial charge in [0.1, 0.15) is 0 Å². The summed E-state index contributed by atoms with van der Waals surface area (Å²) in [6.45, 7) is 14.5. The molecule has 1 aliphatic rings. The fourth-order valence-corrected chi connectivity index (χ4v) is 2.38. The summed E-state index contributed by atoms with van der Waals surface area (Å²) in [5.41, 5.74) is 7.09. The molecule has 0 saturated carbocycles. The van der Waals surface area contributed by atoms with E-state index in [0.717, 1.165) is 17.8 Å². The number of likely N-dealkylation sites (N-methyl/N-ethyl adjacent to an activating group) is 1. The summed E-state index contributed by atoms with van der Waals surface area (Å²) in [5.74, 6) is 0. The van der Waals surface area contributed by atoms with E-state index in [0.29, 0.717) is 9.47 Å². The van der Waals surface area contributed by atoms with Crippen LogP contribution in [0.1, 0.15) is 45.2 Å². The molecule has 0 amide bonds. The molecule has 127 valence electrons. The molecule has 2 rings (SSSR count). The molecule has 0 N–H and O–H groups in total. The first kappa shape index (κ1) is 23.2. The van der Waals surface area contributed by atoms with Crippen LogP contribution in [-0.2, 0) is 9.47 Å². The van der Waals surface area contributed by atoms with Crippen LogP contribution in [0.3, 0.4) is 0 Å². The number of nitrogens with zero attached hydrogens (tertiary/aromatic N) is 2. The molecule has 23 heavy (non-hydrogen) atoms. The minimum atomic E-state index is 0.628. The molecule has 0 saturated heterocycles. The van der Waals surface area contributed by atoms with Gasteiger partial charge in [-0.3, -0.25) is 5.01 Å². The number of allylic oxidation sites excluding steroid dienone is 2. The summed E-state index contributed by atoms with van der Waals surface area (Å²) in [6.07, 6.45) is 0.971. The van der Waals surface area contributed by atoms with E-state index in [-0.39, 0.29) is 0 Å². The second-order valence-electron chi connectivity index (χ2n) is 4.79. The first-order valence-corrected chi connectivity index (χ1v) is 16.7. The van der Waals surface area contributed by atoms with Gasteiger partial charge in [-0.25, -0.2) is 0 Å². The molecule has 0 bridgehead atoms. The Labute approximate surface area is 170 Å². The number of benzene rings is 1. The van der Waals surface area contributed by atoms with Crippen molar-refractivity contribution in [1.82, 2.24) is 5.01 Å². The molecule has 0 unspecified atom stereocenters. The second-order valence-corrected chi connectivity index (χ2v) is 16.6. The van der Waals surface area contributed by atoms with Crippen LogP contribution < -0.4 is 0 Å². The number of rotatable bonds is 2. The maximum atomic E-state index is 4.53. The van der Waals surface area contributed by atoms with Crippen LogP contribution in [0.15, 0.2) is 47.2 Å². The van der Waals surface area contributed by atoms with E-state index in [1.165, 1.54) is 22.3 Å². The number of aryl methyl sites for hydroxylation is 1. The fraction of sp³-hybridized carbons (Fsp3) is 0.389. The molecule has 0 aromatic heterocycles. The Morgan fingerprint density at radius 1 is 1.13 bits per heavy atom. The van der Waals surface area contributed by atoms with Gasteiger partial charge in [0.2, 0.25) is 0 Å². The maximum absolute atomic E-state index is 4.53. The van der Waals surface area contributed by atoms with Crippen molar-refractivity contribution in [3.05, 3.63) is 53.2 Å². The van der Waals surface area contributed by atoms with Gasteiger partial charge in [-0.05, 0) is 31.4 Å². The molecule has 1 aromatic carbocycles. The Hall–Kier alpha value is 0.214. The first-order chi connectivity index (χ1) is 11.0. The predicted molar refractivity (Wildman–Crippen MR) is 118 cm³/mol. The Balaban J connectivity index is 0.000000868. The van der Waals surface area contributed by atoms with E-state index in [2.05, 4.69) is 96.7 Å². The average molecular weight is 575 g/mol. The molecule has 2 nitrogen and oxygen atoms in total. The minimum absolute atomic E-state index is 0.628. The molecule has 0 aliphatic carbocycles. The molecule has 0 atom stereocenters. The van der Waals surface area contributed by atoms with Gasteiger partial charge in [0.05, 0.1) is 11.4 Å². The normalized spacial score (nSPS) is 13.5. The molecular weight excluding hydrogens is 549 g/mol. The first-order valence-electron chi connectivity index (χ1n) is 7.67. The second kappa shape index (κ2) is 12.6. The van der Waals surface area contributed by atoms with Gasteiger partial charge < -0.3 is 0 Å². The van der Waals surface area contributed by atoms with Crippen LogP contribution in [0, 0.1) is 6.92 Å². The summed E-state index contributed by atoms with van der Waals surface area (Å²) in [6, 6.07) is 8.61. The van der Waals surface area contributed by atoms with Gasteiger partial charge in [0, 0.05) is 12.6 Å². The van der Waals surface area contributed by atoms with Crippen molar-refractivity contribution in [1.29, 1.82) is 0 Å². The van der Waals surface area contributed by atoms with Crippen molar-refractivity contribution in [2.45, 2.75) is 41.0 Å². The average Bonchev–Trinajstić information content (AvgIpc) is 2.54. The third-order valence-corrected chi connectivity index (χ3v) is 3.40. The topological polar surface area (TPSA) is 15.6 Å². The SMILES string of the molecule is C=C1C(CC)=C(c2ccc(C)cc2)C(C)=NN1C.CC.[I][V][I]. The van der Waals surface area contributed by atoms with Crippen molar-refractivity contribution in [2.24, 2.45) is 5.10 Å². The standard InChI is InChI=1S/C16H20N2.C2H6.2HI.V/c1-6-15-13(4)18(5)17-12(3)16(15)14-9-7-11(2)8-10-14;1-2;;;/h7-10H,4,6H2,1-3,5H3;1-2H3;2*1H;/q;;;;+2/p-2. The Bertz CT molecular complexity index is 563. The molecule has 0 radical (unpaired) electrons. The Morgan fingerprint density at radius 2 is 1.61 bits per heavy atom. The number of halogens is 2. The molecule has 1 aromatic rings. The number of hydrogen-bond acceptors (Lipinski definition) is 2. The van der Waals surface area contributed by atoms with E-state index >= 15 is 0 Å². The summed E-state index contributed by atoms with van der Waals surface area (Å²) in [7, 11) is 2.58. The van der Waals surface area contributed by atoms with Gasteiger partial charge in [-0.1, -0.05) is 57.2 Å². The third kappa shape index (κ3) is 6.92. The Morgan fingerprint density at radius 3 is 2.04 bits per heavy atom. The van der Waals surface area contributed by atoms with Crippen molar-refractivity contribution in [3.63, 3.8) is 0 Å². The van der Waals surface area contributed by atoms with Gasteiger partial charge in [-0.15, -0.1) is 0 Å². The fourth-order valence-electron chi connectivity index (χ4n) is 2.38. The summed E-state index contributed by atoms with van der Waals surface area (Å²) < 4.78 is 0. The van der Waals surface area contributed by atoms with Crippen molar-refractivity contribution in [3.8, 4) is 0 Å². The summed E-state index contributed by atoms with van der Waals surface area (Å²) in [4.78, 5) is 0. The molecule has 0 fully saturated rings. The van der Waals surface area contributed by atoms with Gasteiger partial charge in [0.15, 0.2) is 0 Å². The third-order valence-electron chi connectivity index (χ3n) is 3.40. The van der Waals surface area contributed by atoms with Gasteiger partial charge in [-0.2, -0.15) is 5.10 Å². The molecule has 0 spiro atoms. The van der Waals surface area contributed by atoms with Crippen molar-refractivity contribution < 1.29 is 9.47 Å². The van der Waals surface area contributed by atoms with E-state index in [9.17, 15) is 0 Å². The van der Waals surface area contributed by atoms with Crippen molar-refractivity contribution in [2.75, 3.05) is 7.05 Å². The Kier molecular flexibility index (Phi) is 12.7. The molecule has 1 aliphatic heterocycles. The zero-order valence-electron chi connectivity index (χ0n) is 14.8. The zero-order chi connectivity index (χ0) is 18.0. The number of hydrogen-bond donors (Lipinski definition) is 0. The quantitative estimate of drug-likeness (QED) is 0.355. The van der Waals surface area contributed by atoms with Gasteiger partial charge in [0.25, 0.3) is 0 Å². The molecular formula is C18H26I2N2V. The zero-order valence-corrected chi connectivity index (χ0v) is 20.5. The molecule has 5 heteroatoms. The van der Waals surface area contributed by atoms with E-state index < -0.39 is 0 Å².